The highest BCUT2D eigenvalue weighted by molar-refractivity contribution is 5.75. The summed E-state index contributed by atoms with van der Waals surface area (Å²) < 4.78 is 5.49. The van der Waals surface area contributed by atoms with Crippen molar-refractivity contribution in [1.82, 2.24) is 9.97 Å². The van der Waals surface area contributed by atoms with Crippen molar-refractivity contribution in [2.75, 3.05) is 19.0 Å². The van der Waals surface area contributed by atoms with Gasteiger partial charge in [-0.1, -0.05) is 17.7 Å². The zero-order valence-corrected chi connectivity index (χ0v) is 11.8. The summed E-state index contributed by atoms with van der Waals surface area (Å²) in [6, 6.07) is 6.31. The molecule has 4 heteroatoms. The van der Waals surface area contributed by atoms with Crippen LogP contribution in [0.2, 0.25) is 0 Å². The van der Waals surface area contributed by atoms with Gasteiger partial charge in [-0.15, -0.1) is 0 Å². The van der Waals surface area contributed by atoms with Crippen LogP contribution in [-0.2, 0) is 0 Å². The molecule has 0 fully saturated rings. The Labute approximate surface area is 113 Å². The topological polar surface area (TPSA) is 47.0 Å². The highest BCUT2D eigenvalue weighted by atomic mass is 16.5. The number of benzene rings is 1. The number of ether oxygens (including phenoxy) is 1. The maximum absolute atomic E-state index is 5.49. The van der Waals surface area contributed by atoms with Gasteiger partial charge in [0.05, 0.1) is 7.11 Å². The van der Waals surface area contributed by atoms with Crippen molar-refractivity contribution in [3.05, 3.63) is 35.7 Å². The van der Waals surface area contributed by atoms with Crippen LogP contribution in [0.3, 0.4) is 0 Å². The van der Waals surface area contributed by atoms with Crippen LogP contribution in [0, 0.1) is 13.8 Å². The van der Waals surface area contributed by atoms with Crippen LogP contribution >= 0.6 is 0 Å². The Morgan fingerprint density at radius 2 is 2.00 bits per heavy atom. The van der Waals surface area contributed by atoms with Crippen molar-refractivity contribution in [3.63, 3.8) is 0 Å². The number of rotatable bonds is 4. The lowest BCUT2D eigenvalue weighted by atomic mass is 10.0. The SMILES string of the molecule is CCNc1ncnc(-c2cc(C)ccc2C)c1OC. The average Bonchev–Trinajstić information content (AvgIpc) is 2.41. The molecule has 0 aliphatic carbocycles. The number of aryl methyl sites for hydroxylation is 2. The van der Waals surface area contributed by atoms with Crippen LogP contribution in [0.15, 0.2) is 24.5 Å². The molecule has 0 amide bonds. The molecular formula is C15H19N3O. The van der Waals surface area contributed by atoms with E-state index >= 15 is 0 Å². The first-order valence-electron chi connectivity index (χ1n) is 6.37. The predicted octanol–water partition coefficient (Wildman–Crippen LogP) is 3.20. The highest BCUT2D eigenvalue weighted by Crippen LogP contribution is 2.34. The molecule has 0 saturated heterocycles. The average molecular weight is 257 g/mol. The molecule has 4 nitrogen and oxygen atoms in total. The number of nitrogens with one attached hydrogen (secondary N) is 1. The number of aromatic nitrogens is 2. The fraction of sp³-hybridized carbons (Fsp3) is 0.333. The Kier molecular flexibility index (Phi) is 4.00. The van der Waals surface area contributed by atoms with Gasteiger partial charge < -0.3 is 10.1 Å². The van der Waals surface area contributed by atoms with E-state index in [4.69, 9.17) is 4.74 Å². The smallest absolute Gasteiger partial charge is 0.187 e. The summed E-state index contributed by atoms with van der Waals surface area (Å²) in [5.74, 6) is 1.42. The van der Waals surface area contributed by atoms with Crippen molar-refractivity contribution >= 4 is 5.82 Å². The molecule has 0 atom stereocenters. The molecule has 2 aromatic rings. The molecule has 19 heavy (non-hydrogen) atoms. The van der Waals surface area contributed by atoms with Crippen molar-refractivity contribution in [2.24, 2.45) is 0 Å². The fourth-order valence-electron chi connectivity index (χ4n) is 2.04. The van der Waals surface area contributed by atoms with E-state index in [-0.39, 0.29) is 0 Å². The molecule has 0 bridgehead atoms. The van der Waals surface area contributed by atoms with Gasteiger partial charge in [0.1, 0.15) is 12.0 Å². The lowest BCUT2D eigenvalue weighted by molar-refractivity contribution is 0.414. The molecule has 0 spiro atoms. The first kappa shape index (κ1) is 13.3. The standard InChI is InChI=1S/C15H19N3O/c1-5-16-15-14(19-4)13(17-9-18-15)12-8-10(2)6-7-11(12)3/h6-9H,5H2,1-4H3,(H,16,17,18). The second-order valence-electron chi connectivity index (χ2n) is 4.45. The number of anilines is 1. The van der Waals surface area contributed by atoms with Gasteiger partial charge >= 0.3 is 0 Å². The highest BCUT2D eigenvalue weighted by Gasteiger charge is 2.15. The minimum atomic E-state index is 0.693. The number of nitrogens with zero attached hydrogens (tertiary/aromatic N) is 2. The third-order valence-electron chi connectivity index (χ3n) is 3.00. The van der Waals surface area contributed by atoms with E-state index in [9.17, 15) is 0 Å². The molecule has 1 aromatic carbocycles. The quantitative estimate of drug-likeness (QED) is 0.913. The number of hydrogen-bond donors (Lipinski definition) is 1. The maximum Gasteiger partial charge on any atom is 0.187 e. The van der Waals surface area contributed by atoms with Gasteiger partial charge in [0.25, 0.3) is 0 Å². The Bertz CT molecular complexity index is 582. The number of methoxy groups -OCH3 is 1. The van der Waals surface area contributed by atoms with Gasteiger partial charge in [0, 0.05) is 12.1 Å². The summed E-state index contributed by atoms with van der Waals surface area (Å²) in [4.78, 5) is 8.62. The third-order valence-corrected chi connectivity index (χ3v) is 3.00. The molecular weight excluding hydrogens is 238 g/mol. The maximum atomic E-state index is 5.49. The van der Waals surface area contributed by atoms with E-state index < -0.39 is 0 Å². The van der Waals surface area contributed by atoms with Gasteiger partial charge in [0.2, 0.25) is 0 Å². The Hall–Kier alpha value is -2.10. The van der Waals surface area contributed by atoms with Crippen LogP contribution in [0.1, 0.15) is 18.1 Å². The first-order chi connectivity index (χ1) is 9.17. The molecule has 1 heterocycles. The van der Waals surface area contributed by atoms with Gasteiger partial charge in [-0.2, -0.15) is 0 Å². The van der Waals surface area contributed by atoms with Gasteiger partial charge in [-0.25, -0.2) is 9.97 Å². The van der Waals surface area contributed by atoms with Crippen LogP contribution in [0.5, 0.6) is 5.75 Å². The zero-order chi connectivity index (χ0) is 13.8. The van der Waals surface area contributed by atoms with E-state index in [2.05, 4.69) is 47.3 Å². The summed E-state index contributed by atoms with van der Waals surface area (Å²) in [5, 5.41) is 3.20. The van der Waals surface area contributed by atoms with E-state index in [1.165, 1.54) is 11.1 Å². The summed E-state index contributed by atoms with van der Waals surface area (Å²) >= 11 is 0. The molecule has 100 valence electrons. The van der Waals surface area contributed by atoms with Crippen LogP contribution in [-0.4, -0.2) is 23.6 Å². The molecule has 0 saturated carbocycles. The monoisotopic (exact) mass is 257 g/mol. The minimum absolute atomic E-state index is 0.693. The van der Waals surface area contributed by atoms with E-state index in [1.54, 1.807) is 13.4 Å². The van der Waals surface area contributed by atoms with E-state index in [0.29, 0.717) is 5.75 Å². The van der Waals surface area contributed by atoms with Gasteiger partial charge in [-0.3, -0.25) is 0 Å². The van der Waals surface area contributed by atoms with Crippen LogP contribution in [0.25, 0.3) is 11.3 Å². The largest absolute Gasteiger partial charge is 0.491 e. The normalized spacial score (nSPS) is 10.3. The summed E-state index contributed by atoms with van der Waals surface area (Å²) in [5.41, 5.74) is 4.28. The molecule has 0 aliphatic rings. The van der Waals surface area contributed by atoms with Gasteiger partial charge in [-0.05, 0) is 32.4 Å². The van der Waals surface area contributed by atoms with Gasteiger partial charge in [0.15, 0.2) is 11.6 Å². The Morgan fingerprint density at radius 1 is 1.21 bits per heavy atom. The van der Waals surface area contributed by atoms with Crippen molar-refractivity contribution in [3.8, 4) is 17.0 Å². The lowest BCUT2D eigenvalue weighted by Crippen LogP contribution is -2.04. The molecule has 1 aromatic heterocycles. The summed E-state index contributed by atoms with van der Waals surface area (Å²) in [6.45, 7) is 6.96. The van der Waals surface area contributed by atoms with Crippen LogP contribution in [0.4, 0.5) is 5.82 Å². The van der Waals surface area contributed by atoms with Crippen molar-refractivity contribution < 1.29 is 4.74 Å². The third kappa shape index (κ3) is 2.67. The number of hydrogen-bond acceptors (Lipinski definition) is 4. The Morgan fingerprint density at radius 3 is 2.68 bits per heavy atom. The lowest BCUT2D eigenvalue weighted by Gasteiger charge is -2.14. The van der Waals surface area contributed by atoms with Crippen LogP contribution < -0.4 is 10.1 Å². The summed E-state index contributed by atoms with van der Waals surface area (Å²) in [6.07, 6.45) is 1.57. The second-order valence-corrected chi connectivity index (χ2v) is 4.45. The van der Waals surface area contributed by atoms with E-state index in [0.717, 1.165) is 23.6 Å². The molecule has 1 N–H and O–H groups in total. The Balaban J connectivity index is 2.61. The fourth-order valence-corrected chi connectivity index (χ4v) is 2.04. The predicted molar refractivity (Wildman–Crippen MR) is 77.7 cm³/mol. The first-order valence-corrected chi connectivity index (χ1v) is 6.37. The van der Waals surface area contributed by atoms with Crippen molar-refractivity contribution in [1.29, 1.82) is 0 Å². The molecule has 2 rings (SSSR count). The summed E-state index contributed by atoms with van der Waals surface area (Å²) in [7, 11) is 1.65. The zero-order valence-electron chi connectivity index (χ0n) is 11.8. The van der Waals surface area contributed by atoms with E-state index in [1.807, 2.05) is 6.92 Å². The molecule has 0 unspecified atom stereocenters. The molecule has 0 radical (unpaired) electrons. The second kappa shape index (κ2) is 5.69. The molecule has 0 aliphatic heterocycles. The van der Waals surface area contributed by atoms with Crippen molar-refractivity contribution in [2.45, 2.75) is 20.8 Å². The minimum Gasteiger partial charge on any atom is -0.491 e.